The minimum atomic E-state index is 0.654. The van der Waals surface area contributed by atoms with Crippen LogP contribution in [0.1, 0.15) is 13.3 Å². The van der Waals surface area contributed by atoms with Crippen LogP contribution in [0.5, 0.6) is 0 Å². The third-order valence-electron chi connectivity index (χ3n) is 1.05. The van der Waals surface area contributed by atoms with Crippen LogP contribution in [0.4, 0.5) is 0 Å². The van der Waals surface area contributed by atoms with Gasteiger partial charge in [-0.05, 0) is 6.92 Å². The zero-order chi connectivity index (χ0) is 7.11. The van der Waals surface area contributed by atoms with E-state index in [1.807, 2.05) is 13.1 Å². The van der Waals surface area contributed by atoms with Crippen molar-refractivity contribution in [1.29, 1.82) is 5.26 Å². The van der Waals surface area contributed by atoms with E-state index in [-0.39, 0.29) is 0 Å². The monoisotopic (exact) mass is 122 g/mol. The summed E-state index contributed by atoms with van der Waals surface area (Å²) in [4.78, 5) is 1.62. The average Bonchev–Trinajstić information content (AvgIpc) is 1.91. The summed E-state index contributed by atoms with van der Waals surface area (Å²) in [5.41, 5.74) is 0. The molecule has 9 heavy (non-hydrogen) atoms. The van der Waals surface area contributed by atoms with Gasteiger partial charge in [-0.15, -0.1) is 12.3 Å². The second kappa shape index (κ2) is 5.00. The van der Waals surface area contributed by atoms with Gasteiger partial charge in [0, 0.05) is 19.5 Å². The molecule has 0 spiro atoms. The van der Waals surface area contributed by atoms with E-state index < -0.39 is 0 Å². The van der Waals surface area contributed by atoms with E-state index in [2.05, 4.69) is 5.92 Å². The molecule has 0 aliphatic carbocycles. The van der Waals surface area contributed by atoms with Crippen molar-refractivity contribution in [1.82, 2.24) is 4.90 Å². The highest BCUT2D eigenvalue weighted by Gasteiger charge is 1.92. The molecule has 0 heterocycles. The van der Waals surface area contributed by atoms with Crippen molar-refractivity contribution in [2.45, 2.75) is 13.3 Å². The maximum absolute atomic E-state index is 8.36. The predicted molar refractivity (Wildman–Crippen MR) is 36.3 cm³/mol. The van der Waals surface area contributed by atoms with Crippen molar-refractivity contribution >= 4 is 0 Å². The van der Waals surface area contributed by atoms with Gasteiger partial charge >= 0.3 is 0 Å². The van der Waals surface area contributed by atoms with Crippen LogP contribution in [0, 0.1) is 23.8 Å². The van der Waals surface area contributed by atoms with E-state index in [0.717, 1.165) is 6.54 Å². The average molecular weight is 122 g/mol. The van der Waals surface area contributed by atoms with Crippen LogP contribution in [0.3, 0.4) is 0 Å². The van der Waals surface area contributed by atoms with Crippen molar-refractivity contribution in [3.05, 3.63) is 0 Å². The standard InChI is InChI=1S/C7H10N2/c1-3-5-6-9(4-2)7-8/h1H,4-6H2,2H3. The summed E-state index contributed by atoms with van der Waals surface area (Å²) in [6, 6.07) is 0. The number of terminal acetylenes is 1. The number of rotatable bonds is 3. The molecule has 0 bridgehead atoms. The molecule has 0 unspecified atom stereocenters. The smallest absolute Gasteiger partial charge is 0.179 e. The molecule has 2 heteroatoms. The molecule has 0 amide bonds. The second-order valence-electron chi connectivity index (χ2n) is 1.63. The molecule has 0 fully saturated rings. The Morgan fingerprint density at radius 2 is 2.33 bits per heavy atom. The summed E-state index contributed by atoms with van der Waals surface area (Å²) in [5, 5.41) is 8.36. The van der Waals surface area contributed by atoms with Gasteiger partial charge in [0.15, 0.2) is 6.19 Å². The van der Waals surface area contributed by atoms with Crippen molar-refractivity contribution < 1.29 is 0 Å². The Labute approximate surface area is 56.1 Å². The SMILES string of the molecule is C#CCCN(C#N)CC. The summed E-state index contributed by atoms with van der Waals surface area (Å²) in [6.45, 7) is 3.36. The number of hydrogen-bond donors (Lipinski definition) is 0. The molecular formula is C7H10N2. The fourth-order valence-electron chi connectivity index (χ4n) is 0.478. The molecular weight excluding hydrogens is 112 g/mol. The zero-order valence-electron chi connectivity index (χ0n) is 5.59. The fourth-order valence-corrected chi connectivity index (χ4v) is 0.478. The first-order chi connectivity index (χ1) is 4.35. The van der Waals surface area contributed by atoms with Gasteiger partial charge in [0.25, 0.3) is 0 Å². The molecule has 0 radical (unpaired) electrons. The summed E-state index contributed by atoms with van der Waals surface area (Å²) in [7, 11) is 0. The lowest BCUT2D eigenvalue weighted by Gasteiger charge is -2.08. The van der Waals surface area contributed by atoms with Crippen LogP contribution < -0.4 is 0 Å². The van der Waals surface area contributed by atoms with Gasteiger partial charge in [0.1, 0.15) is 0 Å². The molecule has 0 aliphatic rings. The molecule has 0 rings (SSSR count). The first kappa shape index (κ1) is 7.85. The number of nitriles is 1. The maximum Gasteiger partial charge on any atom is 0.179 e. The van der Waals surface area contributed by atoms with E-state index in [0.29, 0.717) is 13.0 Å². The molecule has 0 aromatic rings. The molecule has 0 saturated heterocycles. The van der Waals surface area contributed by atoms with Crippen molar-refractivity contribution in [2.24, 2.45) is 0 Å². The highest BCUT2D eigenvalue weighted by molar-refractivity contribution is 4.86. The van der Waals surface area contributed by atoms with Gasteiger partial charge in [-0.2, -0.15) is 5.26 Å². The minimum absolute atomic E-state index is 0.654. The summed E-state index contributed by atoms with van der Waals surface area (Å²) in [6.07, 6.45) is 7.68. The van der Waals surface area contributed by atoms with E-state index in [9.17, 15) is 0 Å². The molecule has 2 nitrogen and oxygen atoms in total. The third kappa shape index (κ3) is 3.43. The highest BCUT2D eigenvalue weighted by atomic mass is 15.1. The fraction of sp³-hybridized carbons (Fsp3) is 0.571. The quantitative estimate of drug-likeness (QED) is 0.314. The molecule has 0 aliphatic heterocycles. The van der Waals surface area contributed by atoms with Gasteiger partial charge in [0.2, 0.25) is 0 Å². The third-order valence-corrected chi connectivity index (χ3v) is 1.05. The Morgan fingerprint density at radius 1 is 1.67 bits per heavy atom. The Bertz CT molecular complexity index is 138. The summed E-state index contributed by atoms with van der Waals surface area (Å²) in [5.74, 6) is 2.47. The van der Waals surface area contributed by atoms with Gasteiger partial charge < -0.3 is 4.90 Å². The van der Waals surface area contributed by atoms with Gasteiger partial charge in [-0.3, -0.25) is 0 Å². The van der Waals surface area contributed by atoms with Crippen LogP contribution in [0.25, 0.3) is 0 Å². The molecule has 0 N–H and O–H groups in total. The summed E-state index contributed by atoms with van der Waals surface area (Å²) >= 11 is 0. The Balaban J connectivity index is 3.37. The predicted octanol–water partition coefficient (Wildman–Crippen LogP) is 0.813. The van der Waals surface area contributed by atoms with E-state index in [4.69, 9.17) is 11.7 Å². The first-order valence-corrected chi connectivity index (χ1v) is 2.93. The molecule has 0 saturated carbocycles. The second-order valence-corrected chi connectivity index (χ2v) is 1.63. The topological polar surface area (TPSA) is 27.0 Å². The van der Waals surface area contributed by atoms with Crippen LogP contribution >= 0.6 is 0 Å². The number of nitrogens with zero attached hydrogens (tertiary/aromatic N) is 2. The van der Waals surface area contributed by atoms with Gasteiger partial charge in [0.05, 0.1) is 0 Å². The van der Waals surface area contributed by atoms with Crippen LogP contribution in [-0.2, 0) is 0 Å². The van der Waals surface area contributed by atoms with Crippen molar-refractivity contribution in [3.8, 4) is 18.5 Å². The first-order valence-electron chi connectivity index (χ1n) is 2.93. The summed E-state index contributed by atoms with van der Waals surface area (Å²) < 4.78 is 0. The minimum Gasteiger partial charge on any atom is -0.310 e. The molecule has 0 atom stereocenters. The van der Waals surface area contributed by atoms with Crippen molar-refractivity contribution in [3.63, 3.8) is 0 Å². The molecule has 48 valence electrons. The van der Waals surface area contributed by atoms with Crippen LogP contribution in [0.2, 0.25) is 0 Å². The van der Waals surface area contributed by atoms with E-state index >= 15 is 0 Å². The normalized spacial score (nSPS) is 7.44. The van der Waals surface area contributed by atoms with Crippen LogP contribution in [0.15, 0.2) is 0 Å². The van der Waals surface area contributed by atoms with Gasteiger partial charge in [-0.1, -0.05) is 0 Å². The lowest BCUT2D eigenvalue weighted by atomic mass is 10.4. The maximum atomic E-state index is 8.36. The van der Waals surface area contributed by atoms with E-state index in [1.54, 1.807) is 4.90 Å². The molecule has 0 aromatic heterocycles. The van der Waals surface area contributed by atoms with Crippen molar-refractivity contribution in [2.75, 3.05) is 13.1 Å². The lowest BCUT2D eigenvalue weighted by Crippen LogP contribution is -2.17. The molecule has 0 aromatic carbocycles. The number of hydrogen-bond acceptors (Lipinski definition) is 2. The zero-order valence-corrected chi connectivity index (χ0v) is 5.59. The Hall–Kier alpha value is -1.15. The highest BCUT2D eigenvalue weighted by Crippen LogP contribution is 1.85. The Morgan fingerprint density at radius 3 is 2.67 bits per heavy atom. The van der Waals surface area contributed by atoms with E-state index in [1.165, 1.54) is 0 Å². The van der Waals surface area contributed by atoms with Crippen LogP contribution in [-0.4, -0.2) is 18.0 Å². The Kier molecular flexibility index (Phi) is 4.36. The lowest BCUT2D eigenvalue weighted by molar-refractivity contribution is 0.423. The van der Waals surface area contributed by atoms with Gasteiger partial charge in [-0.25, -0.2) is 0 Å². The largest absolute Gasteiger partial charge is 0.310 e.